The van der Waals surface area contributed by atoms with Crippen molar-refractivity contribution in [2.75, 3.05) is 7.05 Å². The van der Waals surface area contributed by atoms with E-state index in [4.69, 9.17) is 0 Å². The summed E-state index contributed by atoms with van der Waals surface area (Å²) in [4.78, 5) is 0. The average Bonchev–Trinajstić information content (AvgIpc) is 2.65. The molecule has 0 aromatic carbocycles. The minimum atomic E-state index is 0.645. The van der Waals surface area contributed by atoms with Crippen molar-refractivity contribution in [2.45, 2.75) is 52.5 Å². The molecule has 20 heavy (non-hydrogen) atoms. The number of nitrogens with zero attached hydrogens (tertiary/aromatic N) is 2. The first-order valence-corrected chi connectivity index (χ1v) is 8.58. The van der Waals surface area contributed by atoms with Crippen molar-refractivity contribution in [3.8, 4) is 0 Å². The summed E-state index contributed by atoms with van der Waals surface area (Å²) < 4.78 is 3.24. The van der Waals surface area contributed by atoms with E-state index in [1.807, 2.05) is 4.68 Å². The third kappa shape index (κ3) is 3.28. The van der Waals surface area contributed by atoms with Gasteiger partial charge in [0.1, 0.15) is 0 Å². The highest BCUT2D eigenvalue weighted by Crippen LogP contribution is 2.36. The summed E-state index contributed by atoms with van der Waals surface area (Å²) >= 11 is 3.71. The fourth-order valence-corrected chi connectivity index (χ4v) is 4.16. The van der Waals surface area contributed by atoms with Crippen molar-refractivity contribution < 1.29 is 0 Å². The first kappa shape index (κ1) is 16.0. The van der Waals surface area contributed by atoms with Gasteiger partial charge in [-0.1, -0.05) is 13.8 Å². The molecule has 3 unspecified atom stereocenters. The topological polar surface area (TPSA) is 29.9 Å². The molecule has 1 fully saturated rings. The van der Waals surface area contributed by atoms with Gasteiger partial charge >= 0.3 is 0 Å². The molecule has 3 nitrogen and oxygen atoms in total. The van der Waals surface area contributed by atoms with Crippen molar-refractivity contribution in [3.63, 3.8) is 0 Å². The van der Waals surface area contributed by atoms with E-state index in [1.54, 1.807) is 0 Å². The zero-order chi connectivity index (χ0) is 14.9. The van der Waals surface area contributed by atoms with Crippen molar-refractivity contribution in [3.05, 3.63) is 15.9 Å². The molecule has 0 radical (unpaired) electrons. The Hall–Kier alpha value is -0.350. The Morgan fingerprint density at radius 1 is 1.40 bits per heavy atom. The largest absolute Gasteiger partial charge is 0.317 e. The predicted octanol–water partition coefficient (Wildman–Crippen LogP) is 3.69. The van der Waals surface area contributed by atoms with Crippen LogP contribution in [-0.2, 0) is 13.5 Å². The van der Waals surface area contributed by atoms with Crippen molar-refractivity contribution in [1.82, 2.24) is 15.1 Å². The highest BCUT2D eigenvalue weighted by molar-refractivity contribution is 9.10. The Morgan fingerprint density at radius 2 is 2.10 bits per heavy atom. The fourth-order valence-electron chi connectivity index (χ4n) is 3.66. The van der Waals surface area contributed by atoms with Gasteiger partial charge in [-0.25, -0.2) is 0 Å². The van der Waals surface area contributed by atoms with E-state index in [1.165, 1.54) is 29.4 Å². The Balaban J connectivity index is 2.15. The third-order valence-corrected chi connectivity index (χ3v) is 6.09. The second kappa shape index (κ2) is 6.61. The summed E-state index contributed by atoms with van der Waals surface area (Å²) in [6, 6.07) is 0.645. The lowest BCUT2D eigenvalue weighted by Gasteiger charge is -2.38. The van der Waals surface area contributed by atoms with Crippen molar-refractivity contribution in [2.24, 2.45) is 24.8 Å². The molecule has 114 valence electrons. The normalized spacial score (nSPS) is 27.2. The van der Waals surface area contributed by atoms with Gasteiger partial charge in [0.05, 0.1) is 15.9 Å². The molecular formula is C16H28BrN3. The first-order valence-electron chi connectivity index (χ1n) is 7.79. The van der Waals surface area contributed by atoms with Crippen LogP contribution in [-0.4, -0.2) is 22.9 Å². The molecular weight excluding hydrogens is 314 g/mol. The maximum absolute atomic E-state index is 4.53. The fraction of sp³-hybridized carbons (Fsp3) is 0.812. The predicted molar refractivity (Wildman–Crippen MR) is 87.9 cm³/mol. The summed E-state index contributed by atoms with van der Waals surface area (Å²) in [7, 11) is 4.17. The summed E-state index contributed by atoms with van der Waals surface area (Å²) in [5, 5.41) is 8.06. The van der Waals surface area contributed by atoms with E-state index in [-0.39, 0.29) is 0 Å². The molecule has 0 spiro atoms. The molecule has 0 amide bonds. The van der Waals surface area contributed by atoms with Gasteiger partial charge in [-0.2, -0.15) is 5.10 Å². The van der Waals surface area contributed by atoms with Crippen LogP contribution in [0, 0.1) is 24.7 Å². The quantitative estimate of drug-likeness (QED) is 0.904. The molecule has 4 heteroatoms. The number of aryl methyl sites for hydroxylation is 2. The molecule has 1 N–H and O–H groups in total. The number of rotatable bonds is 4. The summed E-state index contributed by atoms with van der Waals surface area (Å²) in [6.45, 7) is 6.80. The van der Waals surface area contributed by atoms with Gasteiger partial charge in [0.2, 0.25) is 0 Å². The lowest BCUT2D eigenvalue weighted by Crippen LogP contribution is -2.41. The molecule has 2 rings (SSSR count). The van der Waals surface area contributed by atoms with E-state index in [9.17, 15) is 0 Å². The first-order chi connectivity index (χ1) is 9.43. The number of hydrogen-bond acceptors (Lipinski definition) is 2. The minimum absolute atomic E-state index is 0.645. The molecule has 1 aliphatic carbocycles. The van der Waals surface area contributed by atoms with Crippen LogP contribution < -0.4 is 5.32 Å². The van der Waals surface area contributed by atoms with Crippen LogP contribution in [0.5, 0.6) is 0 Å². The number of hydrogen-bond donors (Lipinski definition) is 1. The number of aromatic nitrogens is 2. The van der Waals surface area contributed by atoms with Gasteiger partial charge in [-0.05, 0) is 73.3 Å². The SMILES string of the molecule is CNC1CCC(C(C)C)CC1Cc1c(Br)c(C)nn1C. The molecule has 3 atom stereocenters. The van der Waals surface area contributed by atoms with E-state index < -0.39 is 0 Å². The van der Waals surface area contributed by atoms with E-state index in [2.05, 4.69) is 61.2 Å². The molecule has 1 aromatic rings. The van der Waals surface area contributed by atoms with Crippen LogP contribution in [0.25, 0.3) is 0 Å². The maximum atomic E-state index is 4.53. The number of nitrogens with one attached hydrogen (secondary N) is 1. The zero-order valence-corrected chi connectivity index (χ0v) is 15.0. The highest BCUT2D eigenvalue weighted by atomic mass is 79.9. The van der Waals surface area contributed by atoms with Crippen LogP contribution in [0.4, 0.5) is 0 Å². The highest BCUT2D eigenvalue weighted by Gasteiger charge is 2.32. The van der Waals surface area contributed by atoms with Gasteiger partial charge in [0.15, 0.2) is 0 Å². The molecule has 1 heterocycles. The number of halogens is 1. The van der Waals surface area contributed by atoms with Crippen LogP contribution in [0.1, 0.15) is 44.5 Å². The standard InChI is InChI=1S/C16H28BrN3/c1-10(2)12-6-7-14(18-4)13(8-12)9-15-16(17)11(3)19-20(15)5/h10,12-14,18H,6-9H2,1-5H3. The Morgan fingerprint density at radius 3 is 2.60 bits per heavy atom. The molecule has 1 saturated carbocycles. The van der Waals surface area contributed by atoms with E-state index >= 15 is 0 Å². The smallest absolute Gasteiger partial charge is 0.0738 e. The van der Waals surface area contributed by atoms with Crippen LogP contribution in [0.2, 0.25) is 0 Å². The third-order valence-electron chi connectivity index (χ3n) is 5.05. The van der Waals surface area contributed by atoms with Gasteiger partial charge in [0.25, 0.3) is 0 Å². The summed E-state index contributed by atoms with van der Waals surface area (Å²) in [5.41, 5.74) is 2.44. The van der Waals surface area contributed by atoms with Gasteiger partial charge in [-0.15, -0.1) is 0 Å². The van der Waals surface area contributed by atoms with Crippen LogP contribution >= 0.6 is 15.9 Å². The monoisotopic (exact) mass is 341 g/mol. The molecule has 0 saturated heterocycles. The summed E-state index contributed by atoms with van der Waals surface area (Å²) in [5.74, 6) is 2.39. The zero-order valence-electron chi connectivity index (χ0n) is 13.4. The van der Waals surface area contributed by atoms with Crippen LogP contribution in [0.3, 0.4) is 0 Å². The van der Waals surface area contributed by atoms with Crippen molar-refractivity contribution in [1.29, 1.82) is 0 Å². The average molecular weight is 342 g/mol. The second-order valence-electron chi connectivity index (χ2n) is 6.65. The Kier molecular flexibility index (Phi) is 5.30. The lowest BCUT2D eigenvalue weighted by atomic mass is 9.72. The molecule has 0 aliphatic heterocycles. The van der Waals surface area contributed by atoms with Gasteiger partial charge < -0.3 is 5.32 Å². The van der Waals surface area contributed by atoms with E-state index in [0.29, 0.717) is 12.0 Å². The lowest BCUT2D eigenvalue weighted by molar-refractivity contribution is 0.171. The van der Waals surface area contributed by atoms with Gasteiger partial charge in [0, 0.05) is 13.1 Å². The van der Waals surface area contributed by atoms with Crippen molar-refractivity contribution >= 4 is 15.9 Å². The van der Waals surface area contributed by atoms with Gasteiger partial charge in [-0.3, -0.25) is 4.68 Å². The minimum Gasteiger partial charge on any atom is -0.317 e. The van der Waals surface area contributed by atoms with E-state index in [0.717, 1.165) is 24.0 Å². The second-order valence-corrected chi connectivity index (χ2v) is 7.44. The van der Waals surface area contributed by atoms with Crippen LogP contribution in [0.15, 0.2) is 4.47 Å². The molecule has 1 aromatic heterocycles. The molecule has 0 bridgehead atoms. The Labute approximate surface area is 131 Å². The molecule has 1 aliphatic rings. The summed E-state index contributed by atoms with van der Waals surface area (Å²) in [6.07, 6.45) is 5.12. The Bertz CT molecular complexity index is 453. The maximum Gasteiger partial charge on any atom is 0.0738 e.